The molecule has 0 aliphatic carbocycles. The van der Waals surface area contributed by atoms with Crippen LogP contribution < -0.4 is 5.32 Å². The van der Waals surface area contributed by atoms with Gasteiger partial charge in [-0.15, -0.1) is 5.10 Å². The van der Waals surface area contributed by atoms with Crippen molar-refractivity contribution >= 4 is 62.8 Å². The summed E-state index contributed by atoms with van der Waals surface area (Å²) in [5.41, 5.74) is 0.918. The number of rotatable bonds is 7. The van der Waals surface area contributed by atoms with Gasteiger partial charge in [-0.25, -0.2) is 14.6 Å². The second-order valence-electron chi connectivity index (χ2n) is 6.89. The molecule has 2 unspecified atom stereocenters. The van der Waals surface area contributed by atoms with Gasteiger partial charge in [-0.2, -0.15) is 0 Å². The molecule has 0 aliphatic rings. The first-order valence-electron chi connectivity index (χ1n) is 9.25. The first-order valence-corrected chi connectivity index (χ1v) is 11.9. The van der Waals surface area contributed by atoms with Crippen LogP contribution in [0.4, 0.5) is 5.82 Å². The minimum absolute atomic E-state index is 0.191. The van der Waals surface area contributed by atoms with Gasteiger partial charge >= 0.3 is 0 Å². The summed E-state index contributed by atoms with van der Waals surface area (Å²) in [5.74, 6) is 1.16. The van der Waals surface area contributed by atoms with Gasteiger partial charge in [0.25, 0.3) is 5.03 Å². The Morgan fingerprint density at radius 2 is 1.86 bits per heavy atom. The van der Waals surface area contributed by atoms with Crippen LogP contribution in [-0.4, -0.2) is 36.6 Å². The second-order valence-corrected chi connectivity index (χ2v) is 9.44. The normalized spacial score (nSPS) is 13.7. The Bertz CT molecular complexity index is 1020. The van der Waals surface area contributed by atoms with Crippen LogP contribution >= 0.6 is 34.8 Å². The average Bonchev–Trinajstić information content (AvgIpc) is 2.98. The molecule has 0 aliphatic heterocycles. The average molecular weight is 475 g/mol. The number of aryl methyl sites for hydroxylation is 1. The van der Waals surface area contributed by atoms with Crippen molar-refractivity contribution < 1.29 is 4.55 Å². The quantitative estimate of drug-likeness (QED) is 0.437. The van der Waals surface area contributed by atoms with Crippen molar-refractivity contribution in [3.8, 4) is 5.69 Å². The Hall–Kier alpha value is -1.25. The predicted octanol–water partition coefficient (Wildman–Crippen LogP) is 5.81. The number of anilines is 1. The highest BCUT2D eigenvalue weighted by Gasteiger charge is 2.27. The molecule has 6 nitrogen and oxygen atoms in total. The lowest BCUT2D eigenvalue weighted by molar-refractivity contribution is 0.596. The van der Waals surface area contributed by atoms with E-state index in [0.29, 0.717) is 48.5 Å². The fraction of sp³-hybridized carbons (Fsp3) is 0.421. The van der Waals surface area contributed by atoms with Crippen LogP contribution in [0.25, 0.3) is 16.7 Å². The van der Waals surface area contributed by atoms with Gasteiger partial charge in [0, 0.05) is 22.2 Å². The Kier molecular flexibility index (Phi) is 7.17. The third-order valence-corrected chi connectivity index (χ3v) is 6.07. The Labute approximate surface area is 188 Å². The third-order valence-electron chi connectivity index (χ3n) is 4.45. The molecule has 29 heavy (non-hydrogen) atoms. The van der Waals surface area contributed by atoms with E-state index >= 15 is 0 Å². The van der Waals surface area contributed by atoms with Crippen LogP contribution in [0.2, 0.25) is 15.1 Å². The number of benzene rings is 1. The molecule has 0 saturated heterocycles. The molecule has 0 saturated carbocycles. The van der Waals surface area contributed by atoms with Gasteiger partial charge in [0.1, 0.15) is 29.0 Å². The van der Waals surface area contributed by atoms with E-state index in [2.05, 4.69) is 34.2 Å². The van der Waals surface area contributed by atoms with Gasteiger partial charge < -0.3 is 9.87 Å². The van der Waals surface area contributed by atoms with Gasteiger partial charge in [0.15, 0.2) is 5.65 Å². The van der Waals surface area contributed by atoms with Crippen molar-refractivity contribution in [1.29, 1.82) is 0 Å². The standard InChI is InChI=1S/C19H22Cl3N5OS/c1-5-6-7-10(2)23-17-15-18(25-11(3)24-17)27(26-19(15)29(4)28)16-13(21)8-12(20)9-14(16)22/h8-10H,5-7H2,1-4H3,(H,23,24,25). The van der Waals surface area contributed by atoms with Crippen molar-refractivity contribution in [1.82, 2.24) is 19.7 Å². The smallest absolute Gasteiger partial charge is 0.276 e. The third kappa shape index (κ3) is 4.75. The molecule has 2 heterocycles. The summed E-state index contributed by atoms with van der Waals surface area (Å²) >= 11 is 17.5. The summed E-state index contributed by atoms with van der Waals surface area (Å²) in [6, 6.07) is 3.36. The molecule has 10 heteroatoms. The van der Waals surface area contributed by atoms with Gasteiger partial charge in [0.05, 0.1) is 10.0 Å². The van der Waals surface area contributed by atoms with Crippen LogP contribution in [-0.2, 0) is 11.2 Å². The van der Waals surface area contributed by atoms with E-state index in [-0.39, 0.29) is 6.04 Å². The highest BCUT2D eigenvalue weighted by molar-refractivity contribution is 7.90. The van der Waals surface area contributed by atoms with Gasteiger partial charge in [-0.3, -0.25) is 0 Å². The van der Waals surface area contributed by atoms with Gasteiger partial charge in [0.2, 0.25) is 0 Å². The molecular formula is C19H22Cl3N5OS. The van der Waals surface area contributed by atoms with E-state index in [1.165, 1.54) is 4.68 Å². The number of fused-ring (bicyclic) bond motifs is 1. The van der Waals surface area contributed by atoms with Crippen molar-refractivity contribution in [2.24, 2.45) is 0 Å². The molecule has 3 rings (SSSR count). The summed E-state index contributed by atoms with van der Waals surface area (Å²) in [6.45, 7) is 6.05. The minimum Gasteiger partial charge on any atom is -0.610 e. The maximum absolute atomic E-state index is 12.5. The summed E-state index contributed by atoms with van der Waals surface area (Å²) in [7, 11) is 0. The lowest BCUT2D eigenvalue weighted by Gasteiger charge is -2.15. The summed E-state index contributed by atoms with van der Waals surface area (Å²) < 4.78 is 14.0. The molecule has 3 aromatic rings. The van der Waals surface area contributed by atoms with Gasteiger partial charge in [-0.1, -0.05) is 54.6 Å². The van der Waals surface area contributed by atoms with Crippen molar-refractivity contribution in [2.45, 2.75) is 51.1 Å². The molecule has 1 aromatic carbocycles. The monoisotopic (exact) mass is 473 g/mol. The highest BCUT2D eigenvalue weighted by Crippen LogP contribution is 2.36. The Balaban J connectivity index is 2.24. The van der Waals surface area contributed by atoms with Crippen LogP contribution in [0.5, 0.6) is 0 Å². The first-order chi connectivity index (χ1) is 13.7. The molecule has 1 N–H and O–H groups in total. The number of hydrogen-bond acceptors (Lipinski definition) is 5. The van der Waals surface area contributed by atoms with Crippen molar-refractivity contribution in [3.05, 3.63) is 33.0 Å². The zero-order valence-electron chi connectivity index (χ0n) is 16.6. The molecule has 0 bridgehead atoms. The Morgan fingerprint density at radius 3 is 2.45 bits per heavy atom. The summed E-state index contributed by atoms with van der Waals surface area (Å²) in [5, 5.41) is 10.0. The van der Waals surface area contributed by atoms with Crippen LogP contribution in [0.1, 0.15) is 38.9 Å². The molecule has 0 amide bonds. The first kappa shape index (κ1) is 22.4. The van der Waals surface area contributed by atoms with E-state index < -0.39 is 11.2 Å². The molecule has 2 aromatic heterocycles. The van der Waals surface area contributed by atoms with Crippen LogP contribution in [0.15, 0.2) is 17.2 Å². The summed E-state index contributed by atoms with van der Waals surface area (Å²) in [4.78, 5) is 9.12. The maximum atomic E-state index is 12.5. The molecule has 0 radical (unpaired) electrons. The second kappa shape index (κ2) is 9.27. The number of unbranched alkanes of at least 4 members (excludes halogenated alkanes) is 1. The van der Waals surface area contributed by atoms with Crippen LogP contribution in [0.3, 0.4) is 0 Å². The lowest BCUT2D eigenvalue weighted by atomic mass is 10.1. The molecule has 0 fully saturated rings. The minimum atomic E-state index is -1.38. The number of aromatic nitrogens is 4. The van der Waals surface area contributed by atoms with Crippen molar-refractivity contribution in [2.75, 3.05) is 11.6 Å². The number of halogens is 3. The molecule has 156 valence electrons. The fourth-order valence-corrected chi connectivity index (χ4v) is 4.76. The van der Waals surface area contributed by atoms with Crippen molar-refractivity contribution in [3.63, 3.8) is 0 Å². The lowest BCUT2D eigenvalue weighted by Crippen LogP contribution is -2.17. The largest absolute Gasteiger partial charge is 0.610 e. The van der Waals surface area contributed by atoms with Gasteiger partial charge in [-0.05, 0) is 32.4 Å². The maximum Gasteiger partial charge on any atom is 0.276 e. The summed E-state index contributed by atoms with van der Waals surface area (Å²) in [6.07, 6.45) is 4.78. The number of nitrogens with one attached hydrogen (secondary N) is 1. The molecular weight excluding hydrogens is 453 g/mol. The molecule has 2 atom stereocenters. The topological polar surface area (TPSA) is 78.7 Å². The Morgan fingerprint density at radius 1 is 1.21 bits per heavy atom. The SMILES string of the molecule is CCCCC(C)Nc1nc(C)nc2c1c([S+](C)[O-])nn2-c1c(Cl)cc(Cl)cc1Cl. The zero-order chi connectivity index (χ0) is 21.3. The highest BCUT2D eigenvalue weighted by atomic mass is 35.5. The number of nitrogens with zero attached hydrogens (tertiary/aromatic N) is 4. The van der Waals surface area contributed by atoms with E-state index in [9.17, 15) is 4.55 Å². The number of hydrogen-bond donors (Lipinski definition) is 1. The van der Waals surface area contributed by atoms with E-state index in [0.717, 1.165) is 19.3 Å². The predicted molar refractivity (Wildman–Crippen MR) is 121 cm³/mol. The zero-order valence-corrected chi connectivity index (χ0v) is 19.7. The van der Waals surface area contributed by atoms with E-state index in [1.807, 2.05) is 0 Å². The van der Waals surface area contributed by atoms with E-state index in [1.54, 1.807) is 25.3 Å². The van der Waals surface area contributed by atoms with Crippen LogP contribution in [0, 0.1) is 6.92 Å². The molecule has 0 spiro atoms. The fourth-order valence-electron chi connectivity index (χ4n) is 3.11. The van der Waals surface area contributed by atoms with E-state index in [4.69, 9.17) is 34.8 Å².